The molecule has 2 aromatic rings. The highest BCUT2D eigenvalue weighted by Gasteiger charge is 2.36. The Morgan fingerprint density at radius 2 is 1.95 bits per heavy atom. The molecule has 0 atom stereocenters. The number of benzene rings is 1. The molecule has 5 heteroatoms. The first-order chi connectivity index (χ1) is 9.26. The molecule has 100 valence electrons. The van der Waals surface area contributed by atoms with Gasteiger partial charge in [-0.05, 0) is 31.5 Å². The second-order valence-electron chi connectivity index (χ2n) is 4.96. The summed E-state index contributed by atoms with van der Waals surface area (Å²) in [7, 11) is 0. The highest BCUT2D eigenvalue weighted by atomic mass is 16.5. The Morgan fingerprint density at radius 1 is 1.21 bits per heavy atom. The fourth-order valence-corrected chi connectivity index (χ4v) is 2.35. The standard InChI is InChI=1S/C14H17N3O2/c18-14(6-8-15-9-7-14)13-16-12(17-19-13)10-11-4-2-1-3-5-11/h1-5,15,18H,6-10H2. The van der Waals surface area contributed by atoms with Crippen LogP contribution >= 0.6 is 0 Å². The van der Waals surface area contributed by atoms with Gasteiger partial charge in [-0.3, -0.25) is 0 Å². The van der Waals surface area contributed by atoms with E-state index in [-0.39, 0.29) is 0 Å². The third kappa shape index (κ3) is 2.67. The minimum Gasteiger partial charge on any atom is -0.380 e. The van der Waals surface area contributed by atoms with E-state index < -0.39 is 5.60 Å². The average molecular weight is 259 g/mol. The Hall–Kier alpha value is -1.72. The smallest absolute Gasteiger partial charge is 0.258 e. The topological polar surface area (TPSA) is 71.2 Å². The number of nitrogens with one attached hydrogen (secondary N) is 1. The molecule has 3 rings (SSSR count). The zero-order chi connectivity index (χ0) is 13.1. The molecule has 2 heterocycles. The van der Waals surface area contributed by atoms with Crippen molar-refractivity contribution >= 4 is 0 Å². The number of hydrogen-bond acceptors (Lipinski definition) is 5. The Kier molecular flexibility index (Phi) is 3.31. The van der Waals surface area contributed by atoms with E-state index in [1.807, 2.05) is 30.3 Å². The van der Waals surface area contributed by atoms with Gasteiger partial charge in [0.1, 0.15) is 5.60 Å². The van der Waals surface area contributed by atoms with Crippen LogP contribution in [0.15, 0.2) is 34.9 Å². The van der Waals surface area contributed by atoms with Crippen LogP contribution in [0.2, 0.25) is 0 Å². The SMILES string of the molecule is OC1(c2nc(Cc3ccccc3)no2)CCNCC1. The summed E-state index contributed by atoms with van der Waals surface area (Å²) in [6.07, 6.45) is 1.85. The first-order valence-electron chi connectivity index (χ1n) is 6.56. The highest BCUT2D eigenvalue weighted by Crippen LogP contribution is 2.29. The van der Waals surface area contributed by atoms with Crippen molar-refractivity contribution in [3.8, 4) is 0 Å². The summed E-state index contributed by atoms with van der Waals surface area (Å²) in [6.45, 7) is 1.54. The third-order valence-electron chi connectivity index (χ3n) is 3.50. The summed E-state index contributed by atoms with van der Waals surface area (Å²) in [4.78, 5) is 4.35. The van der Waals surface area contributed by atoms with Crippen LogP contribution < -0.4 is 5.32 Å². The van der Waals surface area contributed by atoms with Crippen molar-refractivity contribution in [2.24, 2.45) is 0 Å². The van der Waals surface area contributed by atoms with Crippen LogP contribution in [0.4, 0.5) is 0 Å². The van der Waals surface area contributed by atoms with Crippen LogP contribution in [0.3, 0.4) is 0 Å². The lowest BCUT2D eigenvalue weighted by atomic mass is 9.92. The van der Waals surface area contributed by atoms with Crippen molar-refractivity contribution in [1.82, 2.24) is 15.5 Å². The van der Waals surface area contributed by atoms with Crippen molar-refractivity contribution in [3.05, 3.63) is 47.6 Å². The number of hydrogen-bond donors (Lipinski definition) is 2. The van der Waals surface area contributed by atoms with E-state index in [1.54, 1.807) is 0 Å². The summed E-state index contributed by atoms with van der Waals surface area (Å²) >= 11 is 0. The molecule has 0 spiro atoms. The van der Waals surface area contributed by atoms with Gasteiger partial charge in [0.15, 0.2) is 5.82 Å². The second kappa shape index (κ2) is 5.11. The normalized spacial score (nSPS) is 18.4. The molecule has 1 aliphatic rings. The first kappa shape index (κ1) is 12.3. The quantitative estimate of drug-likeness (QED) is 0.867. The molecule has 19 heavy (non-hydrogen) atoms. The lowest BCUT2D eigenvalue weighted by Crippen LogP contribution is -2.39. The van der Waals surface area contributed by atoms with Crippen molar-refractivity contribution < 1.29 is 9.63 Å². The van der Waals surface area contributed by atoms with Crippen molar-refractivity contribution in [2.45, 2.75) is 24.9 Å². The monoisotopic (exact) mass is 259 g/mol. The van der Waals surface area contributed by atoms with Crippen molar-refractivity contribution in [2.75, 3.05) is 13.1 Å². The van der Waals surface area contributed by atoms with Gasteiger partial charge < -0.3 is 14.9 Å². The average Bonchev–Trinajstić information content (AvgIpc) is 2.90. The number of aliphatic hydroxyl groups is 1. The molecule has 0 radical (unpaired) electrons. The molecule has 2 N–H and O–H groups in total. The molecule has 1 fully saturated rings. The van der Waals surface area contributed by atoms with Gasteiger partial charge >= 0.3 is 0 Å². The van der Waals surface area contributed by atoms with Crippen LogP contribution in [-0.4, -0.2) is 28.3 Å². The Bertz CT molecular complexity index is 533. The van der Waals surface area contributed by atoms with E-state index >= 15 is 0 Å². The number of aromatic nitrogens is 2. The van der Waals surface area contributed by atoms with Gasteiger partial charge in [0.25, 0.3) is 5.89 Å². The Morgan fingerprint density at radius 3 is 2.68 bits per heavy atom. The molecular formula is C14H17N3O2. The van der Waals surface area contributed by atoms with Crippen LogP contribution in [0.25, 0.3) is 0 Å². The summed E-state index contributed by atoms with van der Waals surface area (Å²) in [6, 6.07) is 9.99. The van der Waals surface area contributed by atoms with Crippen molar-refractivity contribution in [1.29, 1.82) is 0 Å². The molecule has 1 aromatic heterocycles. The fourth-order valence-electron chi connectivity index (χ4n) is 2.35. The maximum absolute atomic E-state index is 10.5. The summed E-state index contributed by atoms with van der Waals surface area (Å²) < 4.78 is 5.24. The zero-order valence-electron chi connectivity index (χ0n) is 10.7. The second-order valence-corrected chi connectivity index (χ2v) is 4.96. The van der Waals surface area contributed by atoms with E-state index in [9.17, 15) is 5.11 Å². The van der Waals surface area contributed by atoms with E-state index in [4.69, 9.17) is 4.52 Å². The van der Waals surface area contributed by atoms with Gasteiger partial charge in [-0.1, -0.05) is 35.5 Å². The summed E-state index contributed by atoms with van der Waals surface area (Å²) in [5, 5.41) is 17.7. The molecule has 0 aliphatic carbocycles. The van der Waals surface area contributed by atoms with Gasteiger partial charge in [0.05, 0.1) is 0 Å². The summed E-state index contributed by atoms with van der Waals surface area (Å²) in [5.41, 5.74) is 0.167. The largest absolute Gasteiger partial charge is 0.380 e. The van der Waals surface area contributed by atoms with E-state index in [2.05, 4.69) is 15.5 Å². The molecular weight excluding hydrogens is 242 g/mol. The predicted molar refractivity (Wildman–Crippen MR) is 69.5 cm³/mol. The highest BCUT2D eigenvalue weighted by molar-refractivity contribution is 5.18. The maximum atomic E-state index is 10.5. The Balaban J connectivity index is 1.76. The van der Waals surface area contributed by atoms with E-state index in [0.29, 0.717) is 31.0 Å². The fraction of sp³-hybridized carbons (Fsp3) is 0.429. The van der Waals surface area contributed by atoms with Gasteiger partial charge in [-0.25, -0.2) is 0 Å². The third-order valence-corrected chi connectivity index (χ3v) is 3.50. The van der Waals surface area contributed by atoms with E-state index in [0.717, 1.165) is 18.7 Å². The zero-order valence-corrected chi connectivity index (χ0v) is 10.7. The van der Waals surface area contributed by atoms with Gasteiger partial charge in [0.2, 0.25) is 0 Å². The van der Waals surface area contributed by atoms with Crippen LogP contribution in [0.1, 0.15) is 30.1 Å². The molecule has 0 bridgehead atoms. The predicted octanol–water partition coefficient (Wildman–Crippen LogP) is 1.23. The molecule has 1 aliphatic heterocycles. The van der Waals surface area contributed by atoms with Crippen LogP contribution in [0, 0.1) is 0 Å². The lowest BCUT2D eigenvalue weighted by Gasteiger charge is -2.28. The molecule has 0 unspecified atom stereocenters. The van der Waals surface area contributed by atoms with Gasteiger partial charge in [-0.15, -0.1) is 0 Å². The van der Waals surface area contributed by atoms with Crippen LogP contribution in [0.5, 0.6) is 0 Å². The van der Waals surface area contributed by atoms with Gasteiger partial charge in [0, 0.05) is 6.42 Å². The minimum atomic E-state index is -0.965. The first-order valence-corrected chi connectivity index (χ1v) is 6.56. The molecule has 0 amide bonds. The molecule has 5 nitrogen and oxygen atoms in total. The van der Waals surface area contributed by atoms with E-state index in [1.165, 1.54) is 0 Å². The van der Waals surface area contributed by atoms with Crippen molar-refractivity contribution in [3.63, 3.8) is 0 Å². The summed E-state index contributed by atoms with van der Waals surface area (Å²) in [5.74, 6) is 0.966. The molecule has 1 aromatic carbocycles. The van der Waals surface area contributed by atoms with Crippen LogP contribution in [-0.2, 0) is 12.0 Å². The molecule has 1 saturated heterocycles. The number of rotatable bonds is 3. The lowest BCUT2D eigenvalue weighted by molar-refractivity contribution is -0.0228. The maximum Gasteiger partial charge on any atom is 0.258 e. The van der Waals surface area contributed by atoms with Gasteiger partial charge in [-0.2, -0.15) is 4.98 Å². The minimum absolute atomic E-state index is 0.347. The number of piperidine rings is 1. The molecule has 0 saturated carbocycles. The number of nitrogens with zero attached hydrogens (tertiary/aromatic N) is 2. The Labute approximate surface area is 111 Å².